The van der Waals surface area contributed by atoms with Gasteiger partial charge in [0.2, 0.25) is 11.7 Å². The third-order valence-electron chi connectivity index (χ3n) is 8.41. The fourth-order valence-electron chi connectivity index (χ4n) is 5.92. The number of halogens is 3. The molecule has 0 spiro atoms. The maximum absolute atomic E-state index is 15.6. The molecule has 0 bridgehead atoms. The summed E-state index contributed by atoms with van der Waals surface area (Å²) >= 11 is 0. The predicted molar refractivity (Wildman–Crippen MR) is 163 cm³/mol. The number of methoxy groups -OCH3 is 2. The Morgan fingerprint density at radius 2 is 1.72 bits per heavy atom. The quantitative estimate of drug-likeness (QED) is 0.190. The van der Waals surface area contributed by atoms with Gasteiger partial charge >= 0.3 is 10.2 Å². The molecule has 0 saturated carbocycles. The smallest absolute Gasteiger partial charge is 0.301 e. The minimum atomic E-state index is -4.34. The Hall–Kier alpha value is -4.12. The van der Waals surface area contributed by atoms with Crippen molar-refractivity contribution in [3.8, 4) is 11.1 Å². The highest BCUT2D eigenvalue weighted by Crippen LogP contribution is 2.31. The van der Waals surface area contributed by atoms with E-state index in [-0.39, 0.29) is 42.7 Å². The minimum absolute atomic E-state index is 0.00715. The summed E-state index contributed by atoms with van der Waals surface area (Å²) in [6.07, 6.45) is 6.24. The summed E-state index contributed by atoms with van der Waals surface area (Å²) in [6.45, 7) is 1.00. The standard InChI is InChI=1S/C30H32F3N7O5S/c1-44-29(45-2)17-5-8-39(9-6-17)30-36-13-19(14-37-30)18-11-21-22(15-35-28(21)34-12-18)27(41)25-23(32)3-4-24(26(25)33)38-46(42,43)40-10-7-20(31)16-40/h3-4,11-15,17,20,29,38H,5-10,16H2,1-2H3,(H,34,35)/t20-/m1/s1. The Bertz CT molecular complexity index is 1850. The monoisotopic (exact) mass is 659 g/mol. The Morgan fingerprint density at radius 1 is 1.02 bits per heavy atom. The molecule has 1 aromatic carbocycles. The lowest BCUT2D eigenvalue weighted by molar-refractivity contribution is -0.141. The molecule has 5 heterocycles. The van der Waals surface area contributed by atoms with Gasteiger partial charge in [0.05, 0.1) is 11.3 Å². The SMILES string of the molecule is COC(OC)C1CCN(c2ncc(-c3cnc4[nH]cc(C(=O)c5c(F)ccc(NS(=O)(=O)N6CC[C@@H](F)C6)c5F)c4c3)cn2)CC1. The van der Waals surface area contributed by atoms with Crippen LogP contribution in [0, 0.1) is 17.6 Å². The van der Waals surface area contributed by atoms with Crippen LogP contribution >= 0.6 is 0 Å². The van der Waals surface area contributed by atoms with E-state index in [1.54, 1.807) is 38.9 Å². The first kappa shape index (κ1) is 31.8. The number of aromatic amines is 1. The molecule has 16 heteroatoms. The molecule has 4 aromatic rings. The number of carbonyl (C=O) groups is 1. The number of hydrogen-bond donors (Lipinski definition) is 2. The van der Waals surface area contributed by atoms with Crippen LogP contribution in [-0.2, 0) is 19.7 Å². The summed E-state index contributed by atoms with van der Waals surface area (Å²) in [5.41, 5.74) is -0.191. The van der Waals surface area contributed by atoms with Crippen LogP contribution in [-0.4, -0.2) is 91.3 Å². The van der Waals surface area contributed by atoms with Crippen molar-refractivity contribution in [2.75, 3.05) is 50.0 Å². The molecule has 2 aliphatic rings. The first-order chi connectivity index (χ1) is 22.1. The van der Waals surface area contributed by atoms with Gasteiger partial charge in [0.1, 0.15) is 17.6 Å². The van der Waals surface area contributed by atoms with Crippen molar-refractivity contribution in [1.29, 1.82) is 0 Å². The Morgan fingerprint density at radius 3 is 2.37 bits per heavy atom. The van der Waals surface area contributed by atoms with Crippen LogP contribution in [0.4, 0.5) is 24.8 Å². The number of alkyl halides is 1. The summed E-state index contributed by atoms with van der Waals surface area (Å²) in [5.74, 6) is -2.75. The number of ether oxygens (including phenoxy) is 2. The van der Waals surface area contributed by atoms with Crippen molar-refractivity contribution in [2.45, 2.75) is 31.7 Å². The Labute approximate surface area is 263 Å². The van der Waals surface area contributed by atoms with E-state index >= 15 is 4.39 Å². The van der Waals surface area contributed by atoms with E-state index < -0.39 is 45.0 Å². The molecule has 244 valence electrons. The molecule has 46 heavy (non-hydrogen) atoms. The van der Waals surface area contributed by atoms with Crippen LogP contribution in [0.2, 0.25) is 0 Å². The van der Waals surface area contributed by atoms with Crippen LogP contribution in [0.1, 0.15) is 35.2 Å². The molecule has 2 saturated heterocycles. The van der Waals surface area contributed by atoms with E-state index in [2.05, 4.69) is 24.8 Å². The number of carbonyl (C=O) groups excluding carboxylic acids is 1. The van der Waals surface area contributed by atoms with Gasteiger partial charge < -0.3 is 19.4 Å². The van der Waals surface area contributed by atoms with Crippen molar-refractivity contribution in [2.24, 2.45) is 5.92 Å². The molecule has 0 radical (unpaired) electrons. The third-order valence-corrected chi connectivity index (χ3v) is 9.90. The largest absolute Gasteiger partial charge is 0.356 e. The number of piperidine rings is 1. The number of rotatable bonds is 10. The molecule has 0 aliphatic carbocycles. The zero-order valence-corrected chi connectivity index (χ0v) is 25.9. The summed E-state index contributed by atoms with van der Waals surface area (Å²) in [7, 11) is -1.08. The fraction of sp³-hybridized carbons (Fsp3) is 0.400. The summed E-state index contributed by atoms with van der Waals surface area (Å²) in [5, 5.41) is 0.287. The zero-order chi connectivity index (χ0) is 32.6. The average Bonchev–Trinajstić information content (AvgIpc) is 3.70. The van der Waals surface area contributed by atoms with Gasteiger partial charge in [-0.2, -0.15) is 12.7 Å². The molecule has 12 nitrogen and oxygen atoms in total. The molecule has 6 rings (SSSR count). The number of hydrogen-bond acceptors (Lipinski definition) is 9. The van der Waals surface area contributed by atoms with Gasteiger partial charge in [0, 0.05) is 93.2 Å². The molecular formula is C30H32F3N7O5S. The molecule has 1 atom stereocenters. The molecule has 0 amide bonds. The number of pyridine rings is 1. The van der Waals surface area contributed by atoms with Crippen LogP contribution < -0.4 is 9.62 Å². The van der Waals surface area contributed by atoms with Gasteiger partial charge in [-0.25, -0.2) is 28.1 Å². The van der Waals surface area contributed by atoms with Crippen molar-refractivity contribution < 1.29 is 35.9 Å². The molecule has 2 aliphatic heterocycles. The van der Waals surface area contributed by atoms with Crippen LogP contribution in [0.3, 0.4) is 0 Å². The number of anilines is 2. The lowest BCUT2D eigenvalue weighted by atomic mass is 9.96. The second kappa shape index (κ2) is 12.9. The second-order valence-electron chi connectivity index (χ2n) is 11.2. The third kappa shape index (κ3) is 6.17. The van der Waals surface area contributed by atoms with Crippen molar-refractivity contribution >= 4 is 38.7 Å². The number of nitrogens with one attached hydrogen (secondary N) is 2. The summed E-state index contributed by atoms with van der Waals surface area (Å²) < 4.78 is 83.1. The van der Waals surface area contributed by atoms with Gasteiger partial charge in [-0.05, 0) is 37.5 Å². The van der Waals surface area contributed by atoms with Crippen molar-refractivity contribution in [3.63, 3.8) is 0 Å². The molecule has 0 unspecified atom stereocenters. The molecule has 2 fully saturated rings. The van der Waals surface area contributed by atoms with Crippen LogP contribution in [0.15, 0.2) is 43.0 Å². The van der Waals surface area contributed by atoms with Gasteiger partial charge in [-0.15, -0.1) is 0 Å². The normalized spacial score (nSPS) is 18.1. The van der Waals surface area contributed by atoms with E-state index in [0.29, 0.717) is 22.7 Å². The van der Waals surface area contributed by atoms with E-state index in [1.807, 2.05) is 4.72 Å². The van der Waals surface area contributed by atoms with Gasteiger partial charge in [0.25, 0.3) is 0 Å². The lowest BCUT2D eigenvalue weighted by Gasteiger charge is -2.34. The molecule has 2 N–H and O–H groups in total. The lowest BCUT2D eigenvalue weighted by Crippen LogP contribution is -2.39. The number of aromatic nitrogens is 4. The summed E-state index contributed by atoms with van der Waals surface area (Å²) in [6, 6.07) is 3.30. The van der Waals surface area contributed by atoms with Gasteiger partial charge in [-0.1, -0.05) is 0 Å². The van der Waals surface area contributed by atoms with E-state index in [1.165, 1.54) is 6.20 Å². The zero-order valence-electron chi connectivity index (χ0n) is 25.0. The topological polar surface area (TPSA) is 143 Å². The predicted octanol–water partition coefficient (Wildman–Crippen LogP) is 4.06. The Kier molecular flexibility index (Phi) is 8.96. The first-order valence-electron chi connectivity index (χ1n) is 14.6. The van der Waals surface area contributed by atoms with E-state index in [9.17, 15) is 22.0 Å². The highest BCUT2D eigenvalue weighted by Gasteiger charge is 2.33. The van der Waals surface area contributed by atoms with Crippen molar-refractivity contribution in [1.82, 2.24) is 24.2 Å². The van der Waals surface area contributed by atoms with E-state index in [4.69, 9.17) is 9.47 Å². The van der Waals surface area contributed by atoms with Crippen molar-refractivity contribution in [3.05, 3.63) is 65.7 Å². The Balaban J connectivity index is 1.23. The highest BCUT2D eigenvalue weighted by atomic mass is 32.2. The van der Waals surface area contributed by atoms with Crippen LogP contribution in [0.5, 0.6) is 0 Å². The number of fused-ring (bicyclic) bond motifs is 1. The second-order valence-corrected chi connectivity index (χ2v) is 12.9. The summed E-state index contributed by atoms with van der Waals surface area (Å²) in [4.78, 5) is 31.9. The average molecular weight is 660 g/mol. The number of ketones is 1. The minimum Gasteiger partial charge on any atom is -0.356 e. The van der Waals surface area contributed by atoms with Crippen LogP contribution in [0.25, 0.3) is 22.2 Å². The molecular weight excluding hydrogens is 627 g/mol. The van der Waals surface area contributed by atoms with E-state index in [0.717, 1.165) is 42.4 Å². The number of nitrogens with zero attached hydrogens (tertiary/aromatic N) is 5. The molecule has 3 aromatic heterocycles. The number of H-pyrrole nitrogens is 1. The highest BCUT2D eigenvalue weighted by molar-refractivity contribution is 7.90. The van der Waals surface area contributed by atoms with Gasteiger partial charge in [-0.3, -0.25) is 9.52 Å². The van der Waals surface area contributed by atoms with Gasteiger partial charge in [0.15, 0.2) is 12.1 Å². The first-order valence-corrected chi connectivity index (χ1v) is 16.1. The number of benzene rings is 1. The maximum Gasteiger partial charge on any atom is 0.301 e. The fourth-order valence-corrected chi connectivity index (χ4v) is 7.19. The maximum atomic E-state index is 15.6.